The van der Waals surface area contributed by atoms with Crippen molar-refractivity contribution in [3.63, 3.8) is 0 Å². The van der Waals surface area contributed by atoms with Crippen LogP contribution in [0, 0.1) is 10.1 Å². The van der Waals surface area contributed by atoms with Gasteiger partial charge in [-0.3, -0.25) is 14.9 Å². The van der Waals surface area contributed by atoms with Crippen LogP contribution in [0.2, 0.25) is 5.02 Å². The number of hydrogen-bond donors (Lipinski definition) is 1. The fourth-order valence-electron chi connectivity index (χ4n) is 1.70. The molecule has 2 rings (SSSR count). The maximum absolute atomic E-state index is 11.7. The molecule has 6 nitrogen and oxygen atoms in total. The highest BCUT2D eigenvalue weighted by Crippen LogP contribution is 2.25. The van der Waals surface area contributed by atoms with Crippen molar-refractivity contribution in [1.29, 1.82) is 0 Å². The maximum Gasteiger partial charge on any atom is 0.288 e. The van der Waals surface area contributed by atoms with E-state index < -0.39 is 4.92 Å². The molecule has 0 spiro atoms. The number of thiophene rings is 1. The summed E-state index contributed by atoms with van der Waals surface area (Å²) in [5.41, 5.74) is 3.22. The minimum atomic E-state index is -0.561. The average Bonchev–Trinajstić information content (AvgIpc) is 2.97. The smallest absolute Gasteiger partial charge is 0.273 e. The van der Waals surface area contributed by atoms with Crippen molar-refractivity contribution in [2.24, 2.45) is 5.10 Å². The van der Waals surface area contributed by atoms with Crippen molar-refractivity contribution in [1.82, 2.24) is 5.43 Å². The van der Waals surface area contributed by atoms with Gasteiger partial charge in [0.05, 0.1) is 17.1 Å². The Balaban J connectivity index is 2.07. The van der Waals surface area contributed by atoms with Crippen molar-refractivity contribution in [2.45, 2.75) is 13.3 Å². The van der Waals surface area contributed by atoms with Crippen molar-refractivity contribution in [3.05, 3.63) is 61.3 Å². The van der Waals surface area contributed by atoms with Crippen LogP contribution in [-0.2, 0) is 11.2 Å². The number of halogens is 1. The molecule has 1 aromatic carbocycles. The average molecular weight is 338 g/mol. The lowest BCUT2D eigenvalue weighted by Gasteiger charge is -2.03. The lowest BCUT2D eigenvalue weighted by Crippen LogP contribution is -2.20. The Kier molecular flexibility index (Phi) is 5.24. The van der Waals surface area contributed by atoms with E-state index in [0.29, 0.717) is 11.3 Å². The molecule has 0 radical (unpaired) electrons. The predicted octanol–water partition coefficient (Wildman–Crippen LogP) is 3.39. The lowest BCUT2D eigenvalue weighted by molar-refractivity contribution is -0.384. The Hall–Kier alpha value is -2.25. The molecule has 0 fully saturated rings. The van der Waals surface area contributed by atoms with Gasteiger partial charge in [-0.05, 0) is 24.4 Å². The van der Waals surface area contributed by atoms with Gasteiger partial charge in [0, 0.05) is 16.5 Å². The molecule has 8 heteroatoms. The summed E-state index contributed by atoms with van der Waals surface area (Å²) in [4.78, 5) is 23.0. The minimum Gasteiger partial charge on any atom is -0.273 e. The second kappa shape index (κ2) is 7.15. The monoisotopic (exact) mass is 337 g/mol. The zero-order valence-corrected chi connectivity index (χ0v) is 13.1. The highest BCUT2D eigenvalue weighted by molar-refractivity contribution is 7.10. The van der Waals surface area contributed by atoms with E-state index in [2.05, 4.69) is 10.5 Å². The summed E-state index contributed by atoms with van der Waals surface area (Å²) in [6, 6.07) is 8.10. The largest absolute Gasteiger partial charge is 0.288 e. The first kappa shape index (κ1) is 16.1. The summed E-state index contributed by atoms with van der Waals surface area (Å²) in [5, 5.41) is 16.8. The highest BCUT2D eigenvalue weighted by atomic mass is 35.5. The van der Waals surface area contributed by atoms with E-state index in [-0.39, 0.29) is 23.0 Å². The number of benzene rings is 1. The van der Waals surface area contributed by atoms with Crippen molar-refractivity contribution < 1.29 is 9.72 Å². The molecule has 0 bridgehead atoms. The van der Waals surface area contributed by atoms with Gasteiger partial charge in [0.1, 0.15) is 5.02 Å². The Labute approximate surface area is 135 Å². The van der Waals surface area contributed by atoms with Gasteiger partial charge in [-0.2, -0.15) is 5.10 Å². The summed E-state index contributed by atoms with van der Waals surface area (Å²) in [5.74, 6) is -0.245. The maximum atomic E-state index is 11.7. The van der Waals surface area contributed by atoms with Gasteiger partial charge >= 0.3 is 0 Å². The molecule has 114 valence electrons. The van der Waals surface area contributed by atoms with Crippen LogP contribution in [0.5, 0.6) is 0 Å². The minimum absolute atomic E-state index is 0.0586. The highest BCUT2D eigenvalue weighted by Gasteiger charge is 2.14. The Bertz CT molecular complexity index is 729. The zero-order chi connectivity index (χ0) is 16.1. The first-order valence-corrected chi connectivity index (χ1v) is 7.53. The van der Waals surface area contributed by atoms with Crippen LogP contribution in [-0.4, -0.2) is 16.5 Å². The normalized spacial score (nSPS) is 11.3. The third-order valence-electron chi connectivity index (χ3n) is 2.82. The van der Waals surface area contributed by atoms with Gasteiger partial charge in [0.25, 0.3) is 5.69 Å². The molecule has 0 atom stereocenters. The number of nitrogens with zero attached hydrogens (tertiary/aromatic N) is 2. The first-order valence-electron chi connectivity index (χ1n) is 6.27. The summed E-state index contributed by atoms with van der Waals surface area (Å²) >= 11 is 7.24. The Morgan fingerprint density at radius 2 is 2.23 bits per heavy atom. The third kappa shape index (κ3) is 4.12. The molecule has 1 N–H and O–H groups in total. The van der Waals surface area contributed by atoms with Gasteiger partial charge in [0.15, 0.2) is 0 Å². The molecule has 1 heterocycles. The molecular formula is C14H12ClN3O3S. The van der Waals surface area contributed by atoms with Crippen molar-refractivity contribution >= 4 is 40.2 Å². The fraction of sp³-hybridized carbons (Fsp3) is 0.143. The molecule has 1 aromatic heterocycles. The standard InChI is InChI=1S/C14H12ClN3O3S/c1-9(10-4-5-12(15)13(7-10)18(20)21)16-17-14(19)8-11-3-2-6-22-11/h2-7H,8H2,1H3,(H,17,19)/b16-9-. The molecular weight excluding hydrogens is 326 g/mol. The van der Waals surface area contributed by atoms with E-state index in [1.165, 1.54) is 23.5 Å². The number of hydrazone groups is 1. The van der Waals surface area contributed by atoms with E-state index in [1.807, 2.05) is 17.5 Å². The molecule has 1 amide bonds. The van der Waals surface area contributed by atoms with E-state index in [9.17, 15) is 14.9 Å². The topological polar surface area (TPSA) is 84.6 Å². The number of hydrogen-bond acceptors (Lipinski definition) is 5. The van der Waals surface area contributed by atoms with Crippen LogP contribution in [0.4, 0.5) is 5.69 Å². The van der Waals surface area contributed by atoms with Crippen molar-refractivity contribution in [3.8, 4) is 0 Å². The second-order valence-corrected chi connectivity index (χ2v) is 5.85. The Morgan fingerprint density at radius 3 is 2.86 bits per heavy atom. The summed E-state index contributed by atoms with van der Waals surface area (Å²) in [6.07, 6.45) is 0.245. The molecule has 0 aliphatic rings. The number of carbonyl (C=O) groups is 1. The second-order valence-electron chi connectivity index (χ2n) is 4.41. The molecule has 2 aromatic rings. The summed E-state index contributed by atoms with van der Waals surface area (Å²) < 4.78 is 0. The number of nitro groups is 1. The van der Waals surface area contributed by atoms with E-state index >= 15 is 0 Å². The van der Waals surface area contributed by atoms with Crippen LogP contribution in [0.25, 0.3) is 0 Å². The van der Waals surface area contributed by atoms with Gasteiger partial charge in [-0.25, -0.2) is 5.43 Å². The molecule has 0 unspecified atom stereocenters. The van der Waals surface area contributed by atoms with Gasteiger partial charge in [-0.1, -0.05) is 23.7 Å². The molecule has 0 aliphatic carbocycles. The first-order chi connectivity index (χ1) is 10.5. The quantitative estimate of drug-likeness (QED) is 0.515. The van der Waals surface area contributed by atoms with E-state index in [4.69, 9.17) is 11.6 Å². The van der Waals surface area contributed by atoms with E-state index in [0.717, 1.165) is 4.88 Å². The number of carbonyl (C=O) groups excluding carboxylic acids is 1. The van der Waals surface area contributed by atoms with Crippen LogP contribution < -0.4 is 5.43 Å². The van der Waals surface area contributed by atoms with E-state index in [1.54, 1.807) is 13.0 Å². The molecule has 0 saturated carbocycles. The number of rotatable bonds is 5. The summed E-state index contributed by atoms with van der Waals surface area (Å²) in [6.45, 7) is 1.65. The SMILES string of the molecule is C/C(=N/NC(=O)Cc1cccs1)c1ccc(Cl)c([N+](=O)[O-])c1. The van der Waals surface area contributed by atoms with Crippen LogP contribution in [0.15, 0.2) is 40.8 Å². The number of nitro benzene ring substituents is 1. The third-order valence-corrected chi connectivity index (χ3v) is 4.02. The lowest BCUT2D eigenvalue weighted by atomic mass is 10.1. The van der Waals surface area contributed by atoms with Gasteiger partial charge in [0.2, 0.25) is 5.91 Å². The van der Waals surface area contributed by atoms with Crippen LogP contribution in [0.1, 0.15) is 17.4 Å². The van der Waals surface area contributed by atoms with Gasteiger partial charge in [-0.15, -0.1) is 11.3 Å². The Morgan fingerprint density at radius 1 is 1.45 bits per heavy atom. The van der Waals surface area contributed by atoms with Crippen LogP contribution >= 0.6 is 22.9 Å². The number of amides is 1. The molecule has 0 aliphatic heterocycles. The van der Waals surface area contributed by atoms with Crippen molar-refractivity contribution in [2.75, 3.05) is 0 Å². The predicted molar refractivity (Wildman–Crippen MR) is 86.5 cm³/mol. The fourth-order valence-corrected chi connectivity index (χ4v) is 2.59. The van der Waals surface area contributed by atoms with Crippen LogP contribution in [0.3, 0.4) is 0 Å². The summed E-state index contributed by atoms with van der Waals surface area (Å²) in [7, 11) is 0. The zero-order valence-electron chi connectivity index (χ0n) is 11.6. The molecule has 0 saturated heterocycles. The number of nitrogens with one attached hydrogen (secondary N) is 1. The molecule has 22 heavy (non-hydrogen) atoms. The van der Waals surface area contributed by atoms with Gasteiger partial charge < -0.3 is 0 Å².